The number of nitrogens with zero attached hydrogens (tertiary/aromatic N) is 1. The molecule has 1 aliphatic heterocycles. The van der Waals surface area contributed by atoms with Gasteiger partial charge in [0, 0.05) is 13.7 Å². The first-order valence-electron chi connectivity index (χ1n) is 7.71. The van der Waals surface area contributed by atoms with Crippen LogP contribution in [-0.2, 0) is 4.74 Å². The first-order valence-corrected chi connectivity index (χ1v) is 7.71. The van der Waals surface area contributed by atoms with Crippen molar-refractivity contribution in [2.75, 3.05) is 33.4 Å². The predicted octanol–water partition coefficient (Wildman–Crippen LogP) is 2.25. The molecule has 106 valence electrons. The molecule has 2 aliphatic rings. The van der Waals surface area contributed by atoms with E-state index in [9.17, 15) is 0 Å². The Bertz CT molecular complexity index is 255. The van der Waals surface area contributed by atoms with Crippen LogP contribution in [0.4, 0.5) is 0 Å². The Kier molecular flexibility index (Phi) is 5.05. The molecule has 0 amide bonds. The maximum atomic E-state index is 6.16. The molecule has 0 aromatic rings. The monoisotopic (exact) mass is 254 g/mol. The molecule has 1 saturated carbocycles. The standard InChI is InChI=1S/C15H30N2O/c1-3-13-5-4-9-17(10-8-13)15(11-16,12-18-2)14-6-7-14/h13-14H,3-12,16H2,1-2H3. The van der Waals surface area contributed by atoms with E-state index in [1.165, 1.54) is 51.6 Å². The highest BCUT2D eigenvalue weighted by Crippen LogP contribution is 2.44. The van der Waals surface area contributed by atoms with Gasteiger partial charge in [0.2, 0.25) is 0 Å². The molecule has 1 aliphatic carbocycles. The summed E-state index contributed by atoms with van der Waals surface area (Å²) in [5.74, 6) is 1.70. The van der Waals surface area contributed by atoms with Gasteiger partial charge in [-0.25, -0.2) is 0 Å². The second kappa shape index (κ2) is 6.36. The molecule has 0 aromatic heterocycles. The van der Waals surface area contributed by atoms with Crippen LogP contribution in [0.1, 0.15) is 45.4 Å². The van der Waals surface area contributed by atoms with E-state index in [4.69, 9.17) is 10.5 Å². The molecule has 0 bridgehead atoms. The van der Waals surface area contributed by atoms with Crippen LogP contribution >= 0.6 is 0 Å². The lowest BCUT2D eigenvalue weighted by Crippen LogP contribution is -2.59. The Morgan fingerprint density at radius 2 is 2.00 bits per heavy atom. The molecule has 3 heteroatoms. The second-order valence-corrected chi connectivity index (χ2v) is 6.21. The molecule has 18 heavy (non-hydrogen) atoms. The second-order valence-electron chi connectivity index (χ2n) is 6.21. The van der Waals surface area contributed by atoms with E-state index >= 15 is 0 Å². The van der Waals surface area contributed by atoms with Crippen LogP contribution in [-0.4, -0.2) is 43.8 Å². The molecule has 2 fully saturated rings. The minimum absolute atomic E-state index is 0.136. The van der Waals surface area contributed by atoms with Gasteiger partial charge in [-0.1, -0.05) is 13.3 Å². The fourth-order valence-corrected chi connectivity index (χ4v) is 3.71. The van der Waals surface area contributed by atoms with Crippen molar-refractivity contribution in [1.29, 1.82) is 0 Å². The average Bonchev–Trinajstić information content (AvgIpc) is 3.22. The van der Waals surface area contributed by atoms with Crippen molar-refractivity contribution < 1.29 is 4.74 Å². The predicted molar refractivity (Wildman–Crippen MR) is 75.6 cm³/mol. The fourth-order valence-electron chi connectivity index (χ4n) is 3.71. The van der Waals surface area contributed by atoms with E-state index in [1.807, 2.05) is 7.11 Å². The van der Waals surface area contributed by atoms with Gasteiger partial charge in [0.25, 0.3) is 0 Å². The number of hydrogen-bond donors (Lipinski definition) is 1. The third-order valence-electron chi connectivity index (χ3n) is 5.14. The molecule has 0 spiro atoms. The first-order chi connectivity index (χ1) is 8.76. The van der Waals surface area contributed by atoms with E-state index in [2.05, 4.69) is 11.8 Å². The number of methoxy groups -OCH3 is 1. The van der Waals surface area contributed by atoms with Crippen LogP contribution in [0.5, 0.6) is 0 Å². The number of hydrogen-bond acceptors (Lipinski definition) is 3. The van der Waals surface area contributed by atoms with Crippen LogP contribution in [0.3, 0.4) is 0 Å². The summed E-state index contributed by atoms with van der Waals surface area (Å²) in [6, 6.07) is 0. The van der Waals surface area contributed by atoms with Crippen LogP contribution in [0.15, 0.2) is 0 Å². The maximum absolute atomic E-state index is 6.16. The number of likely N-dealkylation sites (tertiary alicyclic amines) is 1. The van der Waals surface area contributed by atoms with Crippen molar-refractivity contribution in [2.24, 2.45) is 17.6 Å². The minimum atomic E-state index is 0.136. The lowest BCUT2D eigenvalue weighted by Gasteiger charge is -2.43. The zero-order valence-corrected chi connectivity index (χ0v) is 12.2. The van der Waals surface area contributed by atoms with E-state index in [0.29, 0.717) is 0 Å². The lowest BCUT2D eigenvalue weighted by molar-refractivity contribution is 0.000426. The quantitative estimate of drug-likeness (QED) is 0.790. The number of nitrogens with two attached hydrogens (primary N) is 1. The summed E-state index contributed by atoms with van der Waals surface area (Å²) in [5, 5.41) is 0. The highest BCUT2D eigenvalue weighted by molar-refractivity contribution is 5.04. The lowest BCUT2D eigenvalue weighted by atomic mass is 9.91. The van der Waals surface area contributed by atoms with Crippen LogP contribution < -0.4 is 5.73 Å². The zero-order chi connectivity index (χ0) is 13.0. The molecular weight excluding hydrogens is 224 g/mol. The van der Waals surface area contributed by atoms with Crippen molar-refractivity contribution in [2.45, 2.75) is 51.0 Å². The van der Waals surface area contributed by atoms with E-state index < -0.39 is 0 Å². The van der Waals surface area contributed by atoms with Crippen molar-refractivity contribution >= 4 is 0 Å². The van der Waals surface area contributed by atoms with E-state index in [0.717, 1.165) is 25.0 Å². The summed E-state index contributed by atoms with van der Waals surface area (Å²) >= 11 is 0. The van der Waals surface area contributed by atoms with Crippen LogP contribution in [0.25, 0.3) is 0 Å². The highest BCUT2D eigenvalue weighted by Gasteiger charge is 2.48. The molecule has 3 nitrogen and oxygen atoms in total. The average molecular weight is 254 g/mol. The summed E-state index contributed by atoms with van der Waals surface area (Å²) in [4.78, 5) is 2.67. The molecule has 0 aromatic carbocycles. The highest BCUT2D eigenvalue weighted by atomic mass is 16.5. The first kappa shape index (κ1) is 14.3. The smallest absolute Gasteiger partial charge is 0.0661 e. The number of rotatable bonds is 6. The van der Waals surface area contributed by atoms with Crippen molar-refractivity contribution in [3.05, 3.63) is 0 Å². The molecule has 2 rings (SSSR count). The van der Waals surface area contributed by atoms with Crippen molar-refractivity contribution in [1.82, 2.24) is 4.90 Å². The summed E-state index contributed by atoms with van der Waals surface area (Å²) < 4.78 is 5.53. The molecule has 0 radical (unpaired) electrons. The van der Waals surface area contributed by atoms with Crippen LogP contribution in [0.2, 0.25) is 0 Å². The fraction of sp³-hybridized carbons (Fsp3) is 1.00. The van der Waals surface area contributed by atoms with Gasteiger partial charge in [0.1, 0.15) is 0 Å². The topological polar surface area (TPSA) is 38.5 Å². The van der Waals surface area contributed by atoms with E-state index in [-0.39, 0.29) is 5.54 Å². The number of ether oxygens (including phenoxy) is 1. The van der Waals surface area contributed by atoms with Gasteiger partial charge in [0.05, 0.1) is 12.1 Å². The van der Waals surface area contributed by atoms with Crippen LogP contribution in [0, 0.1) is 11.8 Å². The molecule has 2 unspecified atom stereocenters. The van der Waals surface area contributed by atoms with Gasteiger partial charge in [-0.05, 0) is 57.0 Å². The van der Waals surface area contributed by atoms with Gasteiger partial charge in [-0.2, -0.15) is 0 Å². The Morgan fingerprint density at radius 1 is 1.22 bits per heavy atom. The maximum Gasteiger partial charge on any atom is 0.0661 e. The van der Waals surface area contributed by atoms with Gasteiger partial charge >= 0.3 is 0 Å². The van der Waals surface area contributed by atoms with E-state index in [1.54, 1.807) is 0 Å². The molecular formula is C15H30N2O. The van der Waals surface area contributed by atoms with Gasteiger partial charge in [0.15, 0.2) is 0 Å². The Balaban J connectivity index is 2.05. The van der Waals surface area contributed by atoms with Crippen molar-refractivity contribution in [3.8, 4) is 0 Å². The summed E-state index contributed by atoms with van der Waals surface area (Å²) in [6.45, 7) is 6.32. The molecule has 2 atom stereocenters. The summed E-state index contributed by atoms with van der Waals surface area (Å²) in [5.41, 5.74) is 6.30. The Hall–Kier alpha value is -0.120. The van der Waals surface area contributed by atoms with Gasteiger partial charge < -0.3 is 10.5 Å². The summed E-state index contributed by atoms with van der Waals surface area (Å²) in [7, 11) is 1.82. The normalized spacial score (nSPS) is 29.8. The Morgan fingerprint density at radius 3 is 2.56 bits per heavy atom. The van der Waals surface area contributed by atoms with Gasteiger partial charge in [-0.3, -0.25) is 4.90 Å². The largest absolute Gasteiger partial charge is 0.383 e. The minimum Gasteiger partial charge on any atom is -0.383 e. The van der Waals surface area contributed by atoms with Gasteiger partial charge in [-0.15, -0.1) is 0 Å². The molecule has 2 N–H and O–H groups in total. The third-order valence-corrected chi connectivity index (χ3v) is 5.14. The third kappa shape index (κ3) is 2.89. The molecule has 1 saturated heterocycles. The summed E-state index contributed by atoms with van der Waals surface area (Å²) in [6.07, 6.45) is 8.08. The van der Waals surface area contributed by atoms with Crippen molar-refractivity contribution in [3.63, 3.8) is 0 Å². The molecule has 1 heterocycles. The zero-order valence-electron chi connectivity index (χ0n) is 12.2. The Labute approximate surface area is 112 Å². The SMILES string of the molecule is CCC1CCCN(C(CN)(COC)C2CC2)CC1.